The summed E-state index contributed by atoms with van der Waals surface area (Å²) >= 11 is 0. The Kier molecular flexibility index (Phi) is 4.33. The highest BCUT2D eigenvalue weighted by molar-refractivity contribution is 5.80. The molecule has 1 aromatic rings. The third kappa shape index (κ3) is 4.26. The van der Waals surface area contributed by atoms with Gasteiger partial charge in [-0.3, -0.25) is 4.79 Å². The quantitative estimate of drug-likeness (QED) is 0.634. The van der Waals surface area contributed by atoms with E-state index in [2.05, 4.69) is 20.6 Å². The molecular weight excluding hydrogens is 194 g/mol. The van der Waals surface area contributed by atoms with Gasteiger partial charge in [0.25, 0.3) is 0 Å². The molecule has 1 aromatic heterocycles. The van der Waals surface area contributed by atoms with Crippen molar-refractivity contribution in [3.8, 4) is 0 Å². The van der Waals surface area contributed by atoms with Gasteiger partial charge in [-0.1, -0.05) is 6.92 Å². The van der Waals surface area contributed by atoms with Crippen LogP contribution in [0.1, 0.15) is 13.3 Å². The number of hydrogen-bond donors (Lipinski definition) is 3. The fourth-order valence-electron chi connectivity index (χ4n) is 0.927. The highest BCUT2D eigenvalue weighted by Gasteiger charge is 2.00. The van der Waals surface area contributed by atoms with Crippen LogP contribution in [-0.4, -0.2) is 29.0 Å². The third-order valence-electron chi connectivity index (χ3n) is 1.67. The molecule has 0 saturated carbocycles. The zero-order valence-corrected chi connectivity index (χ0v) is 8.66. The Morgan fingerprint density at radius 1 is 1.47 bits per heavy atom. The summed E-state index contributed by atoms with van der Waals surface area (Å²) in [6, 6.07) is 0. The molecule has 0 atom stereocenters. The van der Waals surface area contributed by atoms with Gasteiger partial charge in [-0.2, -0.15) is 0 Å². The van der Waals surface area contributed by atoms with Gasteiger partial charge in [0.1, 0.15) is 11.6 Å². The van der Waals surface area contributed by atoms with Crippen LogP contribution in [0.3, 0.4) is 0 Å². The number of carbonyl (C=O) groups excluding carboxylic acids is 1. The molecule has 0 aromatic carbocycles. The molecule has 1 amide bonds. The number of aromatic nitrogens is 2. The van der Waals surface area contributed by atoms with E-state index in [0.29, 0.717) is 18.2 Å². The van der Waals surface area contributed by atoms with Gasteiger partial charge >= 0.3 is 0 Å². The summed E-state index contributed by atoms with van der Waals surface area (Å²) in [4.78, 5) is 19.0. The van der Waals surface area contributed by atoms with Crippen LogP contribution in [0, 0.1) is 0 Å². The van der Waals surface area contributed by atoms with Crippen molar-refractivity contribution < 1.29 is 4.79 Å². The van der Waals surface area contributed by atoms with Gasteiger partial charge in [0.05, 0.1) is 18.9 Å². The third-order valence-corrected chi connectivity index (χ3v) is 1.67. The minimum atomic E-state index is -0.0597. The van der Waals surface area contributed by atoms with Gasteiger partial charge in [-0.05, 0) is 6.42 Å². The van der Waals surface area contributed by atoms with Crippen molar-refractivity contribution in [1.82, 2.24) is 15.3 Å². The van der Waals surface area contributed by atoms with Crippen molar-refractivity contribution in [1.29, 1.82) is 0 Å². The number of rotatable bonds is 5. The summed E-state index contributed by atoms with van der Waals surface area (Å²) in [5.74, 6) is 0.835. The minimum absolute atomic E-state index is 0.0597. The van der Waals surface area contributed by atoms with E-state index in [-0.39, 0.29) is 12.5 Å². The first-order chi connectivity index (χ1) is 7.22. The van der Waals surface area contributed by atoms with Crippen molar-refractivity contribution in [2.45, 2.75) is 13.3 Å². The largest absolute Gasteiger partial charge is 0.382 e. The summed E-state index contributed by atoms with van der Waals surface area (Å²) < 4.78 is 0. The van der Waals surface area contributed by atoms with E-state index in [9.17, 15) is 4.79 Å². The lowest BCUT2D eigenvalue weighted by atomic mass is 10.4. The summed E-state index contributed by atoms with van der Waals surface area (Å²) in [5.41, 5.74) is 5.37. The van der Waals surface area contributed by atoms with Crippen molar-refractivity contribution in [3.05, 3.63) is 12.4 Å². The van der Waals surface area contributed by atoms with Crippen LogP contribution in [-0.2, 0) is 4.79 Å². The van der Waals surface area contributed by atoms with Crippen LogP contribution in [0.4, 0.5) is 11.6 Å². The smallest absolute Gasteiger partial charge is 0.239 e. The number of nitrogen functional groups attached to an aromatic ring is 1. The first-order valence-electron chi connectivity index (χ1n) is 4.80. The number of amides is 1. The van der Waals surface area contributed by atoms with E-state index < -0.39 is 0 Å². The zero-order valence-electron chi connectivity index (χ0n) is 8.66. The number of anilines is 2. The molecule has 0 unspecified atom stereocenters. The molecule has 15 heavy (non-hydrogen) atoms. The van der Waals surface area contributed by atoms with Crippen LogP contribution in [0.2, 0.25) is 0 Å². The summed E-state index contributed by atoms with van der Waals surface area (Å²) in [5, 5.41) is 5.58. The average molecular weight is 209 g/mol. The molecule has 0 saturated heterocycles. The highest BCUT2D eigenvalue weighted by Crippen LogP contribution is 2.00. The number of nitrogens with one attached hydrogen (secondary N) is 2. The Morgan fingerprint density at radius 2 is 2.27 bits per heavy atom. The van der Waals surface area contributed by atoms with Gasteiger partial charge in [0, 0.05) is 6.54 Å². The average Bonchev–Trinajstić information content (AvgIpc) is 2.25. The zero-order chi connectivity index (χ0) is 11.1. The number of nitrogens with zero attached hydrogens (tertiary/aromatic N) is 2. The monoisotopic (exact) mass is 209 g/mol. The van der Waals surface area contributed by atoms with Gasteiger partial charge in [0.15, 0.2) is 0 Å². The second kappa shape index (κ2) is 5.79. The maximum Gasteiger partial charge on any atom is 0.239 e. The Bertz CT molecular complexity index is 311. The fraction of sp³-hybridized carbons (Fsp3) is 0.444. The Hall–Kier alpha value is -1.85. The lowest BCUT2D eigenvalue weighted by Gasteiger charge is -2.05. The van der Waals surface area contributed by atoms with Crippen LogP contribution in [0.25, 0.3) is 0 Å². The SMILES string of the molecule is CCCNC(=O)CNc1cnc(N)cn1. The molecule has 4 N–H and O–H groups in total. The number of hydrogen-bond acceptors (Lipinski definition) is 5. The van der Waals surface area contributed by atoms with Crippen LogP contribution in [0.5, 0.6) is 0 Å². The molecule has 0 radical (unpaired) electrons. The Balaban J connectivity index is 2.30. The summed E-state index contributed by atoms with van der Waals surface area (Å²) in [7, 11) is 0. The molecule has 6 nitrogen and oxygen atoms in total. The van der Waals surface area contributed by atoms with Crippen molar-refractivity contribution in [2.24, 2.45) is 0 Å². The van der Waals surface area contributed by atoms with Gasteiger partial charge in [-0.15, -0.1) is 0 Å². The predicted molar refractivity (Wildman–Crippen MR) is 58.2 cm³/mol. The molecule has 6 heteroatoms. The molecule has 1 heterocycles. The number of carbonyl (C=O) groups is 1. The minimum Gasteiger partial charge on any atom is -0.382 e. The first kappa shape index (κ1) is 11.2. The summed E-state index contributed by atoms with van der Waals surface area (Å²) in [6.45, 7) is 2.88. The van der Waals surface area contributed by atoms with Gasteiger partial charge in [-0.25, -0.2) is 9.97 Å². The fourth-order valence-corrected chi connectivity index (χ4v) is 0.927. The molecule has 0 aliphatic rings. The topological polar surface area (TPSA) is 92.9 Å². The van der Waals surface area contributed by atoms with E-state index in [0.717, 1.165) is 6.42 Å². The molecule has 1 rings (SSSR count). The van der Waals surface area contributed by atoms with Crippen LogP contribution in [0.15, 0.2) is 12.4 Å². The second-order valence-electron chi connectivity index (χ2n) is 3.03. The second-order valence-corrected chi connectivity index (χ2v) is 3.03. The van der Waals surface area contributed by atoms with E-state index >= 15 is 0 Å². The predicted octanol–water partition coefficient (Wildman–Crippen LogP) is -0.00310. The highest BCUT2D eigenvalue weighted by atomic mass is 16.1. The molecule has 0 spiro atoms. The molecule has 0 aliphatic carbocycles. The van der Waals surface area contributed by atoms with Crippen molar-refractivity contribution in [2.75, 3.05) is 24.1 Å². The van der Waals surface area contributed by atoms with E-state index in [1.165, 1.54) is 12.4 Å². The van der Waals surface area contributed by atoms with Crippen LogP contribution < -0.4 is 16.4 Å². The number of nitrogens with two attached hydrogens (primary N) is 1. The first-order valence-corrected chi connectivity index (χ1v) is 4.80. The molecule has 0 bridgehead atoms. The molecule has 0 aliphatic heterocycles. The lowest BCUT2D eigenvalue weighted by Crippen LogP contribution is -2.30. The van der Waals surface area contributed by atoms with Crippen LogP contribution >= 0.6 is 0 Å². The van der Waals surface area contributed by atoms with Gasteiger partial charge < -0.3 is 16.4 Å². The van der Waals surface area contributed by atoms with E-state index in [1.54, 1.807) is 0 Å². The normalized spacial score (nSPS) is 9.67. The maximum absolute atomic E-state index is 11.2. The Morgan fingerprint density at radius 3 is 2.87 bits per heavy atom. The van der Waals surface area contributed by atoms with Crippen molar-refractivity contribution >= 4 is 17.5 Å². The molecule has 0 fully saturated rings. The Labute approximate surface area is 88.3 Å². The molecule has 82 valence electrons. The van der Waals surface area contributed by atoms with Gasteiger partial charge in [0.2, 0.25) is 5.91 Å². The van der Waals surface area contributed by atoms with E-state index in [1.807, 2.05) is 6.92 Å². The van der Waals surface area contributed by atoms with E-state index in [4.69, 9.17) is 5.73 Å². The summed E-state index contributed by atoms with van der Waals surface area (Å²) in [6.07, 6.45) is 3.85. The molecular formula is C9H15N5O. The maximum atomic E-state index is 11.2. The lowest BCUT2D eigenvalue weighted by molar-refractivity contribution is -0.119. The standard InChI is InChI=1S/C9H15N5O/c1-2-3-11-9(15)6-14-8-5-12-7(10)4-13-8/h4-5H,2-3,6H2,1H3,(H2,10,12)(H,11,15)(H,13,14). The van der Waals surface area contributed by atoms with Crippen molar-refractivity contribution in [3.63, 3.8) is 0 Å².